The second-order valence-corrected chi connectivity index (χ2v) is 5.02. The Morgan fingerprint density at radius 3 is 2.73 bits per heavy atom. The minimum atomic E-state index is 0.221. The Morgan fingerprint density at radius 2 is 2.20 bits per heavy atom. The number of hydrogen-bond donors (Lipinski definition) is 1. The van der Waals surface area contributed by atoms with Gasteiger partial charge in [-0.2, -0.15) is 0 Å². The molecule has 1 aromatic rings. The molecule has 0 saturated heterocycles. The summed E-state index contributed by atoms with van der Waals surface area (Å²) >= 11 is 3.37. The van der Waals surface area contributed by atoms with Gasteiger partial charge in [0.05, 0.1) is 0 Å². The number of rotatable bonds is 5. The Hall–Kier alpha value is -0.410. The van der Waals surface area contributed by atoms with Gasteiger partial charge in [0, 0.05) is 28.8 Å². The molecule has 0 amide bonds. The zero-order valence-electron chi connectivity index (χ0n) is 9.41. The molecule has 0 aliphatic heterocycles. The van der Waals surface area contributed by atoms with Gasteiger partial charge in [-0.1, -0.05) is 20.3 Å². The molecular weight excluding hydrogens is 252 g/mol. The van der Waals surface area contributed by atoms with Crippen LogP contribution in [0.1, 0.15) is 32.4 Å². The Morgan fingerprint density at radius 1 is 1.47 bits per heavy atom. The summed E-state index contributed by atoms with van der Waals surface area (Å²) in [6, 6.07) is 4.26. The van der Waals surface area contributed by atoms with Gasteiger partial charge >= 0.3 is 0 Å². The van der Waals surface area contributed by atoms with Crippen LogP contribution in [-0.2, 0) is 6.42 Å². The van der Waals surface area contributed by atoms with Gasteiger partial charge in [0.25, 0.3) is 0 Å². The average Bonchev–Trinajstić information content (AvgIpc) is 2.22. The molecule has 0 spiro atoms. The van der Waals surface area contributed by atoms with Crippen molar-refractivity contribution < 1.29 is 0 Å². The summed E-state index contributed by atoms with van der Waals surface area (Å²) < 4.78 is 1.02. The fourth-order valence-corrected chi connectivity index (χ4v) is 1.87. The highest BCUT2D eigenvalue weighted by molar-refractivity contribution is 9.10. The molecule has 0 aliphatic carbocycles. The molecule has 2 atom stereocenters. The maximum atomic E-state index is 6.12. The van der Waals surface area contributed by atoms with E-state index in [1.807, 2.05) is 18.3 Å². The lowest BCUT2D eigenvalue weighted by Crippen LogP contribution is -2.30. The summed E-state index contributed by atoms with van der Waals surface area (Å²) in [6.45, 7) is 4.41. The van der Waals surface area contributed by atoms with Crippen molar-refractivity contribution in [2.24, 2.45) is 11.7 Å². The van der Waals surface area contributed by atoms with Crippen molar-refractivity contribution in [3.8, 4) is 0 Å². The smallest absolute Gasteiger partial charge is 0.0420 e. The van der Waals surface area contributed by atoms with Gasteiger partial charge in [0.1, 0.15) is 0 Å². The van der Waals surface area contributed by atoms with Crippen LogP contribution in [0.15, 0.2) is 22.8 Å². The third-order valence-electron chi connectivity index (χ3n) is 2.71. The van der Waals surface area contributed by atoms with Crippen molar-refractivity contribution in [1.82, 2.24) is 4.98 Å². The molecule has 2 N–H and O–H groups in total. The van der Waals surface area contributed by atoms with E-state index in [0.29, 0.717) is 5.92 Å². The van der Waals surface area contributed by atoms with Crippen LogP contribution in [0.2, 0.25) is 0 Å². The average molecular weight is 271 g/mol. The Bertz CT molecular complexity index is 284. The van der Waals surface area contributed by atoms with E-state index in [9.17, 15) is 0 Å². The second kappa shape index (κ2) is 6.23. The van der Waals surface area contributed by atoms with Crippen LogP contribution in [0.4, 0.5) is 0 Å². The SMILES string of the molecule is CCCC(C)C(N)Cc1ccc(Br)cn1. The summed E-state index contributed by atoms with van der Waals surface area (Å²) in [5.41, 5.74) is 7.20. The zero-order chi connectivity index (χ0) is 11.3. The first kappa shape index (κ1) is 12.7. The highest BCUT2D eigenvalue weighted by Crippen LogP contribution is 2.14. The number of nitrogens with zero attached hydrogens (tertiary/aromatic N) is 1. The molecule has 2 unspecified atom stereocenters. The third-order valence-corrected chi connectivity index (χ3v) is 3.18. The molecule has 2 nitrogen and oxygen atoms in total. The van der Waals surface area contributed by atoms with E-state index < -0.39 is 0 Å². The van der Waals surface area contributed by atoms with Gasteiger partial charge in [-0.15, -0.1) is 0 Å². The van der Waals surface area contributed by atoms with Gasteiger partial charge in [-0.25, -0.2) is 0 Å². The first-order valence-corrected chi connectivity index (χ1v) is 6.28. The van der Waals surface area contributed by atoms with Gasteiger partial charge in [-0.3, -0.25) is 4.98 Å². The van der Waals surface area contributed by atoms with E-state index in [-0.39, 0.29) is 6.04 Å². The first-order chi connectivity index (χ1) is 7.13. The molecule has 84 valence electrons. The molecule has 0 aliphatic rings. The lowest BCUT2D eigenvalue weighted by atomic mass is 9.94. The van der Waals surface area contributed by atoms with E-state index in [2.05, 4.69) is 34.8 Å². The summed E-state index contributed by atoms with van der Waals surface area (Å²) in [5.74, 6) is 0.570. The molecule has 0 aromatic carbocycles. The maximum absolute atomic E-state index is 6.12. The van der Waals surface area contributed by atoms with Crippen LogP contribution < -0.4 is 5.73 Å². The molecule has 1 rings (SSSR count). The topological polar surface area (TPSA) is 38.9 Å². The number of nitrogens with two attached hydrogens (primary N) is 1. The van der Waals surface area contributed by atoms with Crippen molar-refractivity contribution in [3.63, 3.8) is 0 Å². The predicted molar refractivity (Wildman–Crippen MR) is 67.7 cm³/mol. The van der Waals surface area contributed by atoms with Crippen molar-refractivity contribution in [1.29, 1.82) is 0 Å². The fourth-order valence-electron chi connectivity index (χ4n) is 1.64. The highest BCUT2D eigenvalue weighted by Gasteiger charge is 2.12. The fraction of sp³-hybridized carbons (Fsp3) is 0.583. The molecule has 1 heterocycles. The number of pyridine rings is 1. The van der Waals surface area contributed by atoms with Crippen LogP contribution in [0.25, 0.3) is 0 Å². The molecule has 0 saturated carbocycles. The summed E-state index contributed by atoms with van der Waals surface area (Å²) in [6.07, 6.45) is 5.08. The monoisotopic (exact) mass is 270 g/mol. The molecule has 0 fully saturated rings. The maximum Gasteiger partial charge on any atom is 0.0420 e. The van der Waals surface area contributed by atoms with E-state index in [1.54, 1.807) is 0 Å². The van der Waals surface area contributed by atoms with Gasteiger partial charge in [-0.05, 0) is 40.4 Å². The third kappa shape index (κ3) is 4.31. The predicted octanol–water partition coefficient (Wildman–Crippen LogP) is 3.15. The molecule has 3 heteroatoms. The van der Waals surface area contributed by atoms with Crippen molar-refractivity contribution in [3.05, 3.63) is 28.5 Å². The first-order valence-electron chi connectivity index (χ1n) is 5.49. The van der Waals surface area contributed by atoms with E-state index in [4.69, 9.17) is 5.73 Å². The lowest BCUT2D eigenvalue weighted by molar-refractivity contribution is 0.417. The number of hydrogen-bond acceptors (Lipinski definition) is 2. The normalized spacial score (nSPS) is 14.9. The summed E-state index contributed by atoms with van der Waals surface area (Å²) in [5, 5.41) is 0. The largest absolute Gasteiger partial charge is 0.327 e. The summed E-state index contributed by atoms with van der Waals surface area (Å²) in [4.78, 5) is 4.33. The number of halogens is 1. The lowest BCUT2D eigenvalue weighted by Gasteiger charge is -2.18. The molecular formula is C12H19BrN2. The van der Waals surface area contributed by atoms with Crippen molar-refractivity contribution in [2.45, 2.75) is 39.2 Å². The van der Waals surface area contributed by atoms with E-state index >= 15 is 0 Å². The minimum Gasteiger partial charge on any atom is -0.327 e. The van der Waals surface area contributed by atoms with Crippen molar-refractivity contribution in [2.75, 3.05) is 0 Å². The van der Waals surface area contributed by atoms with Gasteiger partial charge in [0.2, 0.25) is 0 Å². The minimum absolute atomic E-state index is 0.221. The van der Waals surface area contributed by atoms with Gasteiger partial charge in [0.15, 0.2) is 0 Å². The zero-order valence-corrected chi connectivity index (χ0v) is 11.0. The molecule has 1 aromatic heterocycles. The van der Waals surface area contributed by atoms with Crippen LogP contribution in [0.5, 0.6) is 0 Å². The quantitative estimate of drug-likeness (QED) is 0.893. The van der Waals surface area contributed by atoms with E-state index in [1.165, 1.54) is 12.8 Å². The molecule has 0 radical (unpaired) electrons. The standard InChI is InChI=1S/C12H19BrN2/c1-3-4-9(2)12(14)7-11-6-5-10(13)8-15-11/h5-6,8-9,12H,3-4,7,14H2,1-2H3. The van der Waals surface area contributed by atoms with E-state index in [0.717, 1.165) is 16.6 Å². The summed E-state index contributed by atoms with van der Waals surface area (Å²) in [7, 11) is 0. The molecule has 15 heavy (non-hydrogen) atoms. The Kier molecular flexibility index (Phi) is 5.26. The second-order valence-electron chi connectivity index (χ2n) is 4.10. The Labute approximate surface area is 100 Å². The van der Waals surface area contributed by atoms with Crippen LogP contribution in [0, 0.1) is 5.92 Å². The Balaban J connectivity index is 2.50. The van der Waals surface area contributed by atoms with Crippen LogP contribution in [-0.4, -0.2) is 11.0 Å². The molecule has 0 bridgehead atoms. The van der Waals surface area contributed by atoms with Crippen molar-refractivity contribution >= 4 is 15.9 Å². The van der Waals surface area contributed by atoms with Gasteiger partial charge < -0.3 is 5.73 Å². The number of aromatic nitrogens is 1. The van der Waals surface area contributed by atoms with Crippen LogP contribution >= 0.6 is 15.9 Å². The van der Waals surface area contributed by atoms with Crippen LogP contribution in [0.3, 0.4) is 0 Å². The highest BCUT2D eigenvalue weighted by atomic mass is 79.9.